The average Bonchev–Trinajstić information content (AvgIpc) is 2.49. The Balaban J connectivity index is 2.20. The summed E-state index contributed by atoms with van der Waals surface area (Å²) >= 11 is 0. The minimum absolute atomic E-state index is 0.0291. The SMILES string of the molecule is COc1ccc(C(=O)NC2(CN)CCCCC2C)c(F)c1. The summed E-state index contributed by atoms with van der Waals surface area (Å²) in [5, 5.41) is 2.98. The lowest BCUT2D eigenvalue weighted by Crippen LogP contribution is -2.59. The van der Waals surface area contributed by atoms with Crippen molar-refractivity contribution in [3.05, 3.63) is 29.6 Å². The zero-order chi connectivity index (χ0) is 15.5. The van der Waals surface area contributed by atoms with E-state index in [1.165, 1.54) is 19.2 Å². The molecule has 116 valence electrons. The zero-order valence-electron chi connectivity index (χ0n) is 12.6. The van der Waals surface area contributed by atoms with Gasteiger partial charge in [-0.15, -0.1) is 0 Å². The van der Waals surface area contributed by atoms with Gasteiger partial charge in [0.15, 0.2) is 0 Å². The number of benzene rings is 1. The number of carbonyl (C=O) groups is 1. The van der Waals surface area contributed by atoms with E-state index in [2.05, 4.69) is 12.2 Å². The van der Waals surface area contributed by atoms with E-state index in [9.17, 15) is 9.18 Å². The summed E-state index contributed by atoms with van der Waals surface area (Å²) in [5.41, 5.74) is 5.51. The van der Waals surface area contributed by atoms with Crippen molar-refractivity contribution in [3.63, 3.8) is 0 Å². The second kappa shape index (κ2) is 6.43. The van der Waals surface area contributed by atoms with E-state index in [1.54, 1.807) is 6.07 Å². The third-order valence-corrected chi connectivity index (χ3v) is 4.60. The van der Waals surface area contributed by atoms with Gasteiger partial charge in [-0.05, 0) is 30.9 Å². The van der Waals surface area contributed by atoms with E-state index in [4.69, 9.17) is 10.5 Å². The van der Waals surface area contributed by atoms with E-state index in [0.717, 1.165) is 25.7 Å². The van der Waals surface area contributed by atoms with Gasteiger partial charge in [-0.3, -0.25) is 4.79 Å². The van der Waals surface area contributed by atoms with Crippen LogP contribution >= 0.6 is 0 Å². The molecule has 3 N–H and O–H groups in total. The molecule has 0 heterocycles. The van der Waals surface area contributed by atoms with Gasteiger partial charge in [-0.2, -0.15) is 0 Å². The maximum atomic E-state index is 14.0. The maximum absolute atomic E-state index is 14.0. The van der Waals surface area contributed by atoms with Gasteiger partial charge in [0.1, 0.15) is 11.6 Å². The molecule has 1 saturated carbocycles. The van der Waals surface area contributed by atoms with Gasteiger partial charge in [0.2, 0.25) is 0 Å². The van der Waals surface area contributed by atoms with Crippen molar-refractivity contribution >= 4 is 5.91 Å². The summed E-state index contributed by atoms with van der Waals surface area (Å²) in [4.78, 5) is 12.4. The molecule has 1 amide bonds. The number of amides is 1. The first-order chi connectivity index (χ1) is 10.0. The summed E-state index contributed by atoms with van der Waals surface area (Å²) in [6.07, 6.45) is 4.05. The summed E-state index contributed by atoms with van der Waals surface area (Å²) in [7, 11) is 1.46. The first-order valence-electron chi connectivity index (χ1n) is 7.38. The van der Waals surface area contributed by atoms with Crippen LogP contribution in [0.25, 0.3) is 0 Å². The molecule has 0 aromatic heterocycles. The van der Waals surface area contributed by atoms with Crippen molar-refractivity contribution in [2.45, 2.75) is 38.1 Å². The molecular formula is C16H23FN2O2. The number of methoxy groups -OCH3 is 1. The fraction of sp³-hybridized carbons (Fsp3) is 0.562. The predicted octanol–water partition coefficient (Wildman–Crippen LogP) is 2.47. The standard InChI is InChI=1S/C16H23FN2O2/c1-11-5-3-4-8-16(11,10-18)19-15(20)13-7-6-12(21-2)9-14(13)17/h6-7,9,11H,3-5,8,10,18H2,1-2H3,(H,19,20). The van der Waals surface area contributed by atoms with Crippen LogP contribution in [-0.2, 0) is 0 Å². The smallest absolute Gasteiger partial charge is 0.254 e. The van der Waals surface area contributed by atoms with Crippen LogP contribution in [0.2, 0.25) is 0 Å². The van der Waals surface area contributed by atoms with Crippen LogP contribution in [0.1, 0.15) is 43.0 Å². The molecule has 0 radical (unpaired) electrons. The zero-order valence-corrected chi connectivity index (χ0v) is 12.6. The highest BCUT2D eigenvalue weighted by molar-refractivity contribution is 5.95. The highest BCUT2D eigenvalue weighted by atomic mass is 19.1. The molecule has 2 unspecified atom stereocenters. The lowest BCUT2D eigenvalue weighted by Gasteiger charge is -2.42. The molecule has 0 bridgehead atoms. The molecule has 1 aromatic rings. The fourth-order valence-electron chi connectivity index (χ4n) is 3.05. The van der Waals surface area contributed by atoms with Gasteiger partial charge < -0.3 is 15.8 Å². The Morgan fingerprint density at radius 1 is 1.52 bits per heavy atom. The predicted molar refractivity (Wildman–Crippen MR) is 79.8 cm³/mol. The van der Waals surface area contributed by atoms with E-state index in [0.29, 0.717) is 18.2 Å². The summed E-state index contributed by atoms with van der Waals surface area (Å²) < 4.78 is 18.9. The highest BCUT2D eigenvalue weighted by Crippen LogP contribution is 2.33. The summed E-state index contributed by atoms with van der Waals surface area (Å²) in [5.74, 6) is -0.304. The molecule has 5 heteroatoms. The Hall–Kier alpha value is -1.62. The van der Waals surface area contributed by atoms with Crippen molar-refractivity contribution < 1.29 is 13.9 Å². The van der Waals surface area contributed by atoms with Gasteiger partial charge in [0.05, 0.1) is 18.2 Å². The molecule has 2 rings (SSSR count). The second-order valence-corrected chi connectivity index (χ2v) is 5.81. The van der Waals surface area contributed by atoms with Gasteiger partial charge in [-0.25, -0.2) is 4.39 Å². The average molecular weight is 294 g/mol. The number of ether oxygens (including phenoxy) is 1. The molecular weight excluding hydrogens is 271 g/mol. The highest BCUT2D eigenvalue weighted by Gasteiger charge is 2.38. The van der Waals surface area contributed by atoms with Crippen LogP contribution in [0.15, 0.2) is 18.2 Å². The molecule has 1 aromatic carbocycles. The third-order valence-electron chi connectivity index (χ3n) is 4.60. The lowest BCUT2D eigenvalue weighted by atomic mass is 9.73. The topological polar surface area (TPSA) is 64.3 Å². The van der Waals surface area contributed by atoms with E-state index < -0.39 is 17.3 Å². The second-order valence-electron chi connectivity index (χ2n) is 5.81. The van der Waals surface area contributed by atoms with Crippen LogP contribution in [0.3, 0.4) is 0 Å². The van der Waals surface area contributed by atoms with Gasteiger partial charge >= 0.3 is 0 Å². The van der Waals surface area contributed by atoms with Crippen molar-refractivity contribution in [1.82, 2.24) is 5.32 Å². The number of rotatable bonds is 4. The monoisotopic (exact) mass is 294 g/mol. The van der Waals surface area contributed by atoms with Gasteiger partial charge in [0, 0.05) is 12.6 Å². The van der Waals surface area contributed by atoms with Crippen LogP contribution in [0, 0.1) is 11.7 Å². The van der Waals surface area contributed by atoms with E-state index in [1.807, 2.05) is 0 Å². The van der Waals surface area contributed by atoms with Crippen LogP contribution < -0.4 is 15.8 Å². The molecule has 0 saturated heterocycles. The number of nitrogens with one attached hydrogen (secondary N) is 1. The minimum atomic E-state index is -0.581. The molecule has 2 atom stereocenters. The Bertz CT molecular complexity index is 521. The maximum Gasteiger partial charge on any atom is 0.254 e. The fourth-order valence-corrected chi connectivity index (χ4v) is 3.05. The first-order valence-corrected chi connectivity index (χ1v) is 7.38. The number of carbonyl (C=O) groups excluding carboxylic acids is 1. The summed E-state index contributed by atoms with van der Waals surface area (Å²) in [6, 6.07) is 4.24. The van der Waals surface area contributed by atoms with Crippen molar-refractivity contribution in [2.75, 3.05) is 13.7 Å². The van der Waals surface area contributed by atoms with Gasteiger partial charge in [-0.1, -0.05) is 19.8 Å². The molecule has 1 fully saturated rings. The third kappa shape index (κ3) is 3.18. The molecule has 0 spiro atoms. The summed E-state index contributed by atoms with van der Waals surface area (Å²) in [6.45, 7) is 2.47. The number of hydrogen-bond donors (Lipinski definition) is 2. The largest absolute Gasteiger partial charge is 0.497 e. The normalized spacial score (nSPS) is 25.4. The number of nitrogens with two attached hydrogens (primary N) is 1. The van der Waals surface area contributed by atoms with E-state index >= 15 is 0 Å². The van der Waals surface area contributed by atoms with Crippen LogP contribution in [-0.4, -0.2) is 25.1 Å². The number of halogens is 1. The van der Waals surface area contributed by atoms with Crippen molar-refractivity contribution in [1.29, 1.82) is 0 Å². The lowest BCUT2D eigenvalue weighted by molar-refractivity contribution is 0.0808. The molecule has 1 aliphatic rings. The Labute approximate surface area is 124 Å². The van der Waals surface area contributed by atoms with Crippen LogP contribution in [0.5, 0.6) is 5.75 Å². The van der Waals surface area contributed by atoms with Crippen LogP contribution in [0.4, 0.5) is 4.39 Å². The van der Waals surface area contributed by atoms with Crippen molar-refractivity contribution in [3.8, 4) is 5.75 Å². The Morgan fingerprint density at radius 3 is 2.86 bits per heavy atom. The quantitative estimate of drug-likeness (QED) is 0.896. The molecule has 4 nitrogen and oxygen atoms in total. The minimum Gasteiger partial charge on any atom is -0.497 e. The Kier molecular flexibility index (Phi) is 4.83. The number of hydrogen-bond acceptors (Lipinski definition) is 3. The van der Waals surface area contributed by atoms with Gasteiger partial charge in [0.25, 0.3) is 5.91 Å². The molecule has 21 heavy (non-hydrogen) atoms. The first kappa shape index (κ1) is 15.8. The van der Waals surface area contributed by atoms with Crippen molar-refractivity contribution in [2.24, 2.45) is 11.7 Å². The molecule has 1 aliphatic carbocycles. The van der Waals surface area contributed by atoms with E-state index in [-0.39, 0.29) is 5.56 Å². The molecule has 0 aliphatic heterocycles. The Morgan fingerprint density at radius 2 is 2.29 bits per heavy atom.